The van der Waals surface area contributed by atoms with Gasteiger partial charge in [0.05, 0.1) is 6.54 Å². The van der Waals surface area contributed by atoms with Crippen LogP contribution in [0.5, 0.6) is 0 Å². The Bertz CT molecular complexity index is 495. The van der Waals surface area contributed by atoms with Gasteiger partial charge in [0.15, 0.2) is 5.82 Å². The van der Waals surface area contributed by atoms with E-state index in [1.54, 1.807) is 0 Å². The van der Waals surface area contributed by atoms with E-state index in [0.717, 1.165) is 11.4 Å². The van der Waals surface area contributed by atoms with E-state index in [4.69, 9.17) is 16.1 Å². The molecular formula is C13H16ClN3O. The standard InChI is InChI=1S/C13H16ClN3O/c1-3-12(10-4-6-11(14)7-5-10)15-8-13-16-9(2)17-18-13/h4-7,12,15H,3,8H2,1-2H3. The van der Waals surface area contributed by atoms with Gasteiger partial charge in [-0.15, -0.1) is 0 Å². The molecule has 1 N–H and O–H groups in total. The Morgan fingerprint density at radius 1 is 1.33 bits per heavy atom. The first-order chi connectivity index (χ1) is 8.69. The second-order valence-corrected chi connectivity index (χ2v) is 4.57. The summed E-state index contributed by atoms with van der Waals surface area (Å²) in [5.41, 5.74) is 1.21. The van der Waals surface area contributed by atoms with Crippen molar-refractivity contribution in [2.45, 2.75) is 32.9 Å². The number of aryl methyl sites for hydroxylation is 1. The molecule has 0 amide bonds. The zero-order valence-corrected chi connectivity index (χ0v) is 11.2. The summed E-state index contributed by atoms with van der Waals surface area (Å²) in [5, 5.41) is 7.91. The first-order valence-electron chi connectivity index (χ1n) is 5.97. The van der Waals surface area contributed by atoms with Crippen LogP contribution in [0.2, 0.25) is 5.02 Å². The average molecular weight is 266 g/mol. The lowest BCUT2D eigenvalue weighted by Gasteiger charge is -2.16. The van der Waals surface area contributed by atoms with E-state index in [0.29, 0.717) is 18.3 Å². The van der Waals surface area contributed by atoms with Crippen molar-refractivity contribution in [3.8, 4) is 0 Å². The van der Waals surface area contributed by atoms with E-state index in [2.05, 4.69) is 22.4 Å². The number of benzene rings is 1. The summed E-state index contributed by atoms with van der Waals surface area (Å²) >= 11 is 5.88. The van der Waals surface area contributed by atoms with E-state index in [9.17, 15) is 0 Å². The van der Waals surface area contributed by atoms with Crippen LogP contribution in [0.1, 0.15) is 36.7 Å². The zero-order valence-electron chi connectivity index (χ0n) is 10.5. The molecule has 1 atom stereocenters. The molecule has 1 aromatic carbocycles. The summed E-state index contributed by atoms with van der Waals surface area (Å²) in [6.07, 6.45) is 0.981. The third-order valence-corrected chi connectivity index (χ3v) is 3.00. The number of rotatable bonds is 5. The van der Waals surface area contributed by atoms with E-state index in [1.165, 1.54) is 5.56 Å². The minimum absolute atomic E-state index is 0.259. The second kappa shape index (κ2) is 5.98. The van der Waals surface area contributed by atoms with Crippen LogP contribution in [-0.4, -0.2) is 10.1 Å². The number of halogens is 1. The smallest absolute Gasteiger partial charge is 0.240 e. The summed E-state index contributed by atoms with van der Waals surface area (Å²) in [7, 11) is 0. The Balaban J connectivity index is 1.99. The highest BCUT2D eigenvalue weighted by Crippen LogP contribution is 2.19. The van der Waals surface area contributed by atoms with Crippen molar-refractivity contribution in [3.63, 3.8) is 0 Å². The predicted molar refractivity (Wildman–Crippen MR) is 70.4 cm³/mol. The minimum atomic E-state index is 0.259. The van der Waals surface area contributed by atoms with Gasteiger partial charge < -0.3 is 9.84 Å². The molecule has 1 aromatic heterocycles. The molecule has 2 rings (SSSR count). The molecule has 5 heteroatoms. The van der Waals surface area contributed by atoms with Gasteiger partial charge in [0.25, 0.3) is 0 Å². The Morgan fingerprint density at radius 3 is 2.61 bits per heavy atom. The molecule has 1 unspecified atom stereocenters. The van der Waals surface area contributed by atoms with Crippen LogP contribution in [0.25, 0.3) is 0 Å². The van der Waals surface area contributed by atoms with Gasteiger partial charge in [0.1, 0.15) is 0 Å². The molecule has 0 saturated carbocycles. The molecule has 0 radical (unpaired) electrons. The summed E-state index contributed by atoms with van der Waals surface area (Å²) in [4.78, 5) is 4.16. The molecule has 2 aromatic rings. The zero-order chi connectivity index (χ0) is 13.0. The second-order valence-electron chi connectivity index (χ2n) is 4.13. The Kier molecular flexibility index (Phi) is 4.33. The molecule has 0 aliphatic carbocycles. The van der Waals surface area contributed by atoms with Crippen molar-refractivity contribution in [2.24, 2.45) is 0 Å². The van der Waals surface area contributed by atoms with Crippen molar-refractivity contribution >= 4 is 11.6 Å². The van der Waals surface area contributed by atoms with Crippen molar-refractivity contribution in [1.82, 2.24) is 15.5 Å². The summed E-state index contributed by atoms with van der Waals surface area (Å²) in [5.74, 6) is 1.27. The molecule has 0 aliphatic heterocycles. The highest BCUT2D eigenvalue weighted by molar-refractivity contribution is 6.30. The van der Waals surface area contributed by atoms with Gasteiger partial charge in [-0.3, -0.25) is 0 Å². The van der Waals surface area contributed by atoms with E-state index in [1.807, 2.05) is 31.2 Å². The van der Waals surface area contributed by atoms with Crippen molar-refractivity contribution in [3.05, 3.63) is 46.6 Å². The van der Waals surface area contributed by atoms with E-state index < -0.39 is 0 Å². The fourth-order valence-corrected chi connectivity index (χ4v) is 1.94. The van der Waals surface area contributed by atoms with Gasteiger partial charge in [-0.25, -0.2) is 0 Å². The fourth-order valence-electron chi connectivity index (χ4n) is 1.82. The number of hydrogen-bond donors (Lipinski definition) is 1. The minimum Gasteiger partial charge on any atom is -0.338 e. The molecule has 1 heterocycles. The van der Waals surface area contributed by atoms with Gasteiger partial charge in [-0.2, -0.15) is 4.98 Å². The monoisotopic (exact) mass is 265 g/mol. The Morgan fingerprint density at radius 2 is 2.06 bits per heavy atom. The maximum absolute atomic E-state index is 5.88. The SMILES string of the molecule is CCC(NCc1nc(C)no1)c1ccc(Cl)cc1. The molecule has 4 nitrogen and oxygen atoms in total. The van der Waals surface area contributed by atoms with Crippen LogP contribution in [-0.2, 0) is 6.54 Å². The normalized spacial score (nSPS) is 12.6. The van der Waals surface area contributed by atoms with Crippen molar-refractivity contribution in [1.29, 1.82) is 0 Å². The third-order valence-electron chi connectivity index (χ3n) is 2.75. The molecule has 0 saturated heterocycles. The van der Waals surface area contributed by atoms with Gasteiger partial charge in [-0.05, 0) is 31.0 Å². The Labute approximate surface area is 111 Å². The Hall–Kier alpha value is -1.39. The van der Waals surface area contributed by atoms with Gasteiger partial charge in [-0.1, -0.05) is 35.8 Å². The average Bonchev–Trinajstić information content (AvgIpc) is 2.78. The lowest BCUT2D eigenvalue weighted by Crippen LogP contribution is -2.20. The van der Waals surface area contributed by atoms with Crippen LogP contribution < -0.4 is 5.32 Å². The predicted octanol–water partition coefficient (Wildman–Crippen LogP) is 3.27. The number of hydrogen-bond acceptors (Lipinski definition) is 4. The highest BCUT2D eigenvalue weighted by Gasteiger charge is 2.10. The first-order valence-corrected chi connectivity index (χ1v) is 6.35. The topological polar surface area (TPSA) is 51.0 Å². The van der Waals surface area contributed by atoms with Gasteiger partial charge >= 0.3 is 0 Å². The molecule has 0 bridgehead atoms. The van der Waals surface area contributed by atoms with Crippen LogP contribution in [0.15, 0.2) is 28.8 Å². The van der Waals surface area contributed by atoms with Gasteiger partial charge in [0.2, 0.25) is 5.89 Å². The summed E-state index contributed by atoms with van der Waals surface area (Å²) in [6.45, 7) is 4.51. The van der Waals surface area contributed by atoms with E-state index >= 15 is 0 Å². The maximum atomic E-state index is 5.88. The molecule has 0 aliphatic rings. The van der Waals surface area contributed by atoms with Crippen molar-refractivity contribution < 1.29 is 4.52 Å². The molecule has 0 fully saturated rings. The molecule has 18 heavy (non-hydrogen) atoms. The number of aromatic nitrogens is 2. The van der Waals surface area contributed by atoms with Crippen molar-refractivity contribution in [2.75, 3.05) is 0 Å². The quantitative estimate of drug-likeness (QED) is 0.901. The lowest BCUT2D eigenvalue weighted by molar-refractivity contribution is 0.353. The van der Waals surface area contributed by atoms with Crippen LogP contribution >= 0.6 is 11.6 Å². The third kappa shape index (κ3) is 3.31. The van der Waals surface area contributed by atoms with E-state index in [-0.39, 0.29) is 6.04 Å². The highest BCUT2D eigenvalue weighted by atomic mass is 35.5. The van der Waals surface area contributed by atoms with Gasteiger partial charge in [0, 0.05) is 11.1 Å². The first kappa shape index (κ1) is 13.1. The number of nitrogens with one attached hydrogen (secondary N) is 1. The van der Waals surface area contributed by atoms with Crippen LogP contribution in [0.3, 0.4) is 0 Å². The number of nitrogens with zero attached hydrogens (tertiary/aromatic N) is 2. The lowest BCUT2D eigenvalue weighted by atomic mass is 10.0. The molecular weight excluding hydrogens is 250 g/mol. The summed E-state index contributed by atoms with van der Waals surface area (Å²) < 4.78 is 5.07. The fraction of sp³-hybridized carbons (Fsp3) is 0.385. The maximum Gasteiger partial charge on any atom is 0.240 e. The largest absolute Gasteiger partial charge is 0.338 e. The molecule has 96 valence electrons. The van der Waals surface area contributed by atoms with Crippen LogP contribution in [0, 0.1) is 6.92 Å². The summed E-state index contributed by atoms with van der Waals surface area (Å²) in [6, 6.07) is 8.12. The molecule has 0 spiro atoms. The van der Waals surface area contributed by atoms with Crippen LogP contribution in [0.4, 0.5) is 0 Å².